The number of aromatic nitrogens is 1. The molecule has 1 heterocycles. The Kier molecular flexibility index (Phi) is 3.38. The monoisotopic (exact) mass is 245 g/mol. The predicted octanol–water partition coefficient (Wildman–Crippen LogP) is 4.36. The van der Waals surface area contributed by atoms with Gasteiger partial charge < -0.3 is 9.30 Å². The van der Waals surface area contributed by atoms with Gasteiger partial charge in [0.2, 0.25) is 0 Å². The maximum Gasteiger partial charge on any atom is 0.119 e. The van der Waals surface area contributed by atoms with Gasteiger partial charge in [-0.15, -0.1) is 0 Å². The topological polar surface area (TPSA) is 14.2 Å². The number of fused-ring (bicyclic) bond motifs is 1. The summed E-state index contributed by atoms with van der Waals surface area (Å²) in [4.78, 5) is 0. The maximum atomic E-state index is 5.31. The second kappa shape index (κ2) is 4.68. The highest BCUT2D eigenvalue weighted by Crippen LogP contribution is 2.30. The van der Waals surface area contributed by atoms with Crippen molar-refractivity contribution in [1.82, 2.24) is 4.57 Å². The average molecular weight is 245 g/mol. The third-order valence-electron chi connectivity index (χ3n) is 3.26. The van der Waals surface area contributed by atoms with Crippen molar-refractivity contribution in [2.75, 3.05) is 7.11 Å². The molecule has 0 atom stereocenters. The highest BCUT2D eigenvalue weighted by Gasteiger charge is 2.19. The molecular formula is C16H23NO. The third kappa shape index (κ3) is 2.24. The second-order valence-electron chi connectivity index (χ2n) is 5.82. The van der Waals surface area contributed by atoms with Crippen molar-refractivity contribution in [3.63, 3.8) is 0 Å². The molecular weight excluding hydrogens is 222 g/mol. The molecule has 0 aliphatic rings. The van der Waals surface area contributed by atoms with Crippen LogP contribution in [0.4, 0.5) is 0 Å². The van der Waals surface area contributed by atoms with Gasteiger partial charge in [0.05, 0.1) is 7.11 Å². The van der Waals surface area contributed by atoms with E-state index in [9.17, 15) is 0 Å². The second-order valence-corrected chi connectivity index (χ2v) is 5.82. The Morgan fingerprint density at radius 2 is 1.89 bits per heavy atom. The molecule has 2 heteroatoms. The lowest BCUT2D eigenvalue weighted by Gasteiger charge is -2.26. The van der Waals surface area contributed by atoms with Gasteiger partial charge >= 0.3 is 0 Å². The van der Waals surface area contributed by atoms with Gasteiger partial charge in [0, 0.05) is 22.1 Å². The fraction of sp³-hybridized carbons (Fsp3) is 0.500. The Balaban J connectivity index is 2.67. The summed E-state index contributed by atoms with van der Waals surface area (Å²) in [5, 5.41) is 1.27. The molecule has 0 fully saturated rings. The summed E-state index contributed by atoms with van der Waals surface area (Å²) >= 11 is 0. The minimum Gasteiger partial charge on any atom is -0.497 e. The molecule has 2 nitrogen and oxygen atoms in total. The van der Waals surface area contributed by atoms with Crippen molar-refractivity contribution >= 4 is 10.9 Å². The van der Waals surface area contributed by atoms with E-state index in [-0.39, 0.29) is 5.54 Å². The van der Waals surface area contributed by atoms with E-state index in [4.69, 9.17) is 4.74 Å². The highest BCUT2D eigenvalue weighted by molar-refractivity contribution is 5.83. The average Bonchev–Trinajstić information content (AvgIpc) is 2.65. The zero-order valence-electron chi connectivity index (χ0n) is 12.1. The fourth-order valence-corrected chi connectivity index (χ4v) is 2.61. The number of ether oxygens (including phenoxy) is 1. The third-order valence-corrected chi connectivity index (χ3v) is 3.26. The molecule has 2 rings (SSSR count). The SMILES string of the molecule is CCCc1cc2cc(OC)ccc2n1C(C)(C)C. The summed E-state index contributed by atoms with van der Waals surface area (Å²) in [7, 11) is 1.72. The lowest BCUT2D eigenvalue weighted by Crippen LogP contribution is -2.23. The van der Waals surface area contributed by atoms with Crippen LogP contribution >= 0.6 is 0 Å². The van der Waals surface area contributed by atoms with Crippen LogP contribution < -0.4 is 4.74 Å². The van der Waals surface area contributed by atoms with Gasteiger partial charge in [-0.25, -0.2) is 0 Å². The Bertz CT molecular complexity index is 546. The van der Waals surface area contributed by atoms with Gasteiger partial charge in [0.25, 0.3) is 0 Å². The molecule has 0 aliphatic heterocycles. The Morgan fingerprint density at radius 1 is 1.17 bits per heavy atom. The summed E-state index contributed by atoms with van der Waals surface area (Å²) in [5.74, 6) is 0.927. The maximum absolute atomic E-state index is 5.31. The van der Waals surface area contributed by atoms with Crippen LogP contribution in [0.1, 0.15) is 39.8 Å². The molecule has 0 amide bonds. The van der Waals surface area contributed by atoms with Crippen LogP contribution in [0.3, 0.4) is 0 Å². The Labute approximate surface area is 110 Å². The van der Waals surface area contributed by atoms with Gasteiger partial charge in [0.15, 0.2) is 0 Å². The minimum atomic E-state index is 0.112. The van der Waals surface area contributed by atoms with Crippen LogP contribution in [0, 0.1) is 0 Å². The van der Waals surface area contributed by atoms with Crippen molar-refractivity contribution in [1.29, 1.82) is 0 Å². The summed E-state index contributed by atoms with van der Waals surface area (Å²) in [6, 6.07) is 8.63. The van der Waals surface area contributed by atoms with Crippen molar-refractivity contribution in [2.45, 2.75) is 46.1 Å². The molecule has 0 unspecified atom stereocenters. The van der Waals surface area contributed by atoms with Crippen LogP contribution in [-0.4, -0.2) is 11.7 Å². The van der Waals surface area contributed by atoms with E-state index in [1.807, 2.05) is 6.07 Å². The molecule has 0 N–H and O–H groups in total. The van der Waals surface area contributed by atoms with E-state index in [1.165, 1.54) is 23.0 Å². The van der Waals surface area contributed by atoms with Crippen molar-refractivity contribution in [3.05, 3.63) is 30.0 Å². The Morgan fingerprint density at radius 3 is 2.44 bits per heavy atom. The molecule has 0 saturated carbocycles. The molecule has 0 saturated heterocycles. The van der Waals surface area contributed by atoms with Gasteiger partial charge in [-0.05, 0) is 51.5 Å². The van der Waals surface area contributed by atoms with Gasteiger partial charge in [0.1, 0.15) is 5.75 Å². The van der Waals surface area contributed by atoms with Gasteiger partial charge in [-0.3, -0.25) is 0 Å². The number of nitrogens with zero attached hydrogens (tertiary/aromatic N) is 1. The first kappa shape index (κ1) is 13.0. The number of rotatable bonds is 3. The molecule has 0 spiro atoms. The van der Waals surface area contributed by atoms with E-state index in [0.29, 0.717) is 0 Å². The van der Waals surface area contributed by atoms with Crippen LogP contribution in [0.15, 0.2) is 24.3 Å². The molecule has 0 aliphatic carbocycles. The first-order valence-corrected chi connectivity index (χ1v) is 6.66. The minimum absolute atomic E-state index is 0.112. The first-order valence-electron chi connectivity index (χ1n) is 6.66. The smallest absolute Gasteiger partial charge is 0.119 e. The van der Waals surface area contributed by atoms with E-state index < -0.39 is 0 Å². The molecule has 0 bridgehead atoms. The zero-order chi connectivity index (χ0) is 13.3. The van der Waals surface area contributed by atoms with Gasteiger partial charge in [-0.1, -0.05) is 13.3 Å². The lowest BCUT2D eigenvalue weighted by atomic mass is 10.1. The lowest BCUT2D eigenvalue weighted by molar-refractivity contribution is 0.397. The number of hydrogen-bond acceptors (Lipinski definition) is 1. The zero-order valence-corrected chi connectivity index (χ0v) is 12.1. The van der Waals surface area contributed by atoms with Crippen LogP contribution in [-0.2, 0) is 12.0 Å². The fourth-order valence-electron chi connectivity index (χ4n) is 2.61. The van der Waals surface area contributed by atoms with Gasteiger partial charge in [-0.2, -0.15) is 0 Å². The molecule has 1 aromatic carbocycles. The first-order chi connectivity index (χ1) is 8.47. The predicted molar refractivity (Wildman–Crippen MR) is 77.5 cm³/mol. The van der Waals surface area contributed by atoms with E-state index in [0.717, 1.165) is 12.2 Å². The molecule has 98 valence electrons. The molecule has 1 aromatic heterocycles. The largest absolute Gasteiger partial charge is 0.497 e. The summed E-state index contributed by atoms with van der Waals surface area (Å²) in [6.45, 7) is 9.01. The van der Waals surface area contributed by atoms with Crippen LogP contribution in [0.25, 0.3) is 10.9 Å². The van der Waals surface area contributed by atoms with E-state index in [2.05, 4.69) is 50.5 Å². The summed E-state index contributed by atoms with van der Waals surface area (Å²) in [5.41, 5.74) is 2.82. The van der Waals surface area contributed by atoms with Crippen molar-refractivity contribution in [3.8, 4) is 5.75 Å². The van der Waals surface area contributed by atoms with Crippen LogP contribution in [0.5, 0.6) is 5.75 Å². The molecule has 18 heavy (non-hydrogen) atoms. The van der Waals surface area contributed by atoms with E-state index >= 15 is 0 Å². The van der Waals surface area contributed by atoms with Crippen LogP contribution in [0.2, 0.25) is 0 Å². The summed E-state index contributed by atoms with van der Waals surface area (Å²) in [6.07, 6.45) is 2.29. The standard InChI is InChI=1S/C16H23NO/c1-6-7-13-10-12-11-14(18-5)8-9-15(12)17(13)16(2,3)4/h8-11H,6-7H2,1-5H3. The molecule has 0 radical (unpaired) electrons. The molecule has 2 aromatic rings. The van der Waals surface area contributed by atoms with E-state index in [1.54, 1.807) is 7.11 Å². The normalized spacial score (nSPS) is 12.1. The highest BCUT2D eigenvalue weighted by atomic mass is 16.5. The number of benzene rings is 1. The van der Waals surface area contributed by atoms with Crippen molar-refractivity contribution in [2.24, 2.45) is 0 Å². The number of methoxy groups -OCH3 is 1. The number of hydrogen-bond donors (Lipinski definition) is 0. The number of aryl methyl sites for hydroxylation is 1. The quantitative estimate of drug-likeness (QED) is 0.783. The Hall–Kier alpha value is -1.44. The summed E-state index contributed by atoms with van der Waals surface area (Å²) < 4.78 is 7.76. The van der Waals surface area contributed by atoms with Crippen molar-refractivity contribution < 1.29 is 4.74 Å².